The van der Waals surface area contributed by atoms with Crippen molar-refractivity contribution >= 4 is 75.8 Å². The Bertz CT molecular complexity index is 3580. The van der Waals surface area contributed by atoms with Crippen LogP contribution in [-0.2, 0) is 0 Å². The Morgan fingerprint density at radius 1 is 0.353 bits per heavy atom. The third-order valence-corrected chi connectivity index (χ3v) is 10.3. The van der Waals surface area contributed by atoms with Crippen LogP contribution in [0.1, 0.15) is 11.0 Å². The van der Waals surface area contributed by atoms with Gasteiger partial charge in [0.1, 0.15) is 11.2 Å². The summed E-state index contributed by atoms with van der Waals surface area (Å²) in [6.45, 7) is 0. The topological polar surface area (TPSA) is 13.1 Å². The van der Waals surface area contributed by atoms with Gasteiger partial charge in [0.05, 0.1) is 11.0 Å². The van der Waals surface area contributed by atoms with Crippen molar-refractivity contribution in [3.8, 4) is 33.4 Å². The molecule has 0 atom stereocenters. The van der Waals surface area contributed by atoms with Crippen LogP contribution in [0.2, 0.25) is 0 Å². The highest BCUT2D eigenvalue weighted by Gasteiger charge is 2.20. The molecule has 0 saturated heterocycles. The van der Waals surface area contributed by atoms with Gasteiger partial charge in [-0.1, -0.05) is 164 Å². The maximum Gasteiger partial charge on any atom is 0.136 e. The second-order valence-corrected chi connectivity index (χ2v) is 13.0. The molecule has 51 heavy (non-hydrogen) atoms. The van der Waals surface area contributed by atoms with Gasteiger partial charge >= 0.3 is 0 Å². The molecular weight excluding hydrogens is 617 g/mol. The first-order valence-corrected chi connectivity index (χ1v) is 16.9. The molecule has 10 aromatic carbocycles. The Hall–Kier alpha value is -6.70. The molecule has 11 rings (SSSR count). The molecular formula is C50H30O. The summed E-state index contributed by atoms with van der Waals surface area (Å²) in [5.41, 5.74) is 5.29. The molecule has 11 aromatic rings. The van der Waals surface area contributed by atoms with Crippen LogP contribution in [-0.4, -0.2) is 0 Å². The summed E-state index contributed by atoms with van der Waals surface area (Å²) < 4.78 is 79.9. The Morgan fingerprint density at radius 3 is 1.55 bits per heavy atom. The van der Waals surface area contributed by atoms with Crippen molar-refractivity contribution < 1.29 is 15.4 Å². The van der Waals surface area contributed by atoms with Crippen LogP contribution in [0.3, 0.4) is 0 Å². The van der Waals surface area contributed by atoms with E-state index < -0.39 is 24.2 Å². The van der Waals surface area contributed by atoms with Gasteiger partial charge in [-0.3, -0.25) is 0 Å². The summed E-state index contributed by atoms with van der Waals surface area (Å²) in [4.78, 5) is 0. The van der Waals surface area contributed by atoms with Crippen LogP contribution >= 0.6 is 0 Å². The summed E-state index contributed by atoms with van der Waals surface area (Å²) in [6, 6.07) is 40.7. The highest BCUT2D eigenvalue weighted by molar-refractivity contribution is 6.26. The second kappa shape index (κ2) is 10.9. The zero-order valence-corrected chi connectivity index (χ0v) is 27.1. The molecule has 0 N–H and O–H groups in total. The molecule has 0 aliphatic carbocycles. The minimum Gasteiger partial charge on any atom is -0.456 e. The number of hydrogen-bond acceptors (Lipinski definition) is 1. The van der Waals surface area contributed by atoms with E-state index in [1.807, 2.05) is 109 Å². The molecule has 0 bridgehead atoms. The summed E-state index contributed by atoms with van der Waals surface area (Å²) in [5.74, 6) is 0. The number of rotatable bonds is 3. The fourth-order valence-electron chi connectivity index (χ4n) is 8.09. The van der Waals surface area contributed by atoms with E-state index in [0.29, 0.717) is 22.3 Å². The van der Waals surface area contributed by atoms with Crippen molar-refractivity contribution in [2.45, 2.75) is 0 Å². The van der Waals surface area contributed by atoms with Gasteiger partial charge in [0.2, 0.25) is 0 Å². The van der Waals surface area contributed by atoms with E-state index in [2.05, 4.69) is 24.3 Å². The van der Waals surface area contributed by atoms with Crippen LogP contribution in [0.5, 0.6) is 0 Å². The minimum absolute atomic E-state index is 0.188. The average molecular weight is 655 g/mol. The van der Waals surface area contributed by atoms with E-state index in [1.165, 1.54) is 0 Å². The normalized spacial score (nSPS) is 14.1. The molecule has 236 valence electrons. The zero-order chi connectivity index (χ0) is 40.4. The molecule has 0 fully saturated rings. The van der Waals surface area contributed by atoms with Crippen LogP contribution in [0, 0.1) is 0 Å². The van der Waals surface area contributed by atoms with E-state index >= 15 is 0 Å². The summed E-state index contributed by atoms with van der Waals surface area (Å²) in [7, 11) is 0. The van der Waals surface area contributed by atoms with Crippen molar-refractivity contribution in [1.82, 2.24) is 0 Å². The highest BCUT2D eigenvalue weighted by Crippen LogP contribution is 2.48. The zero-order valence-electron chi connectivity index (χ0n) is 35.1. The molecule has 0 unspecified atom stereocenters. The molecule has 1 aromatic heterocycles. The monoisotopic (exact) mass is 654 g/mol. The SMILES string of the molecule is [2H]c1c([2H])c([2H])c2c(-c3ccc(-c4ccc5oc6ccc7ccccc7c6c5c4)c4ccccc34)c3c([2H])c([2H])c([2H])c([2H])c3c(-c3cccc4ccccc34)c2c1[2H]. The van der Waals surface area contributed by atoms with Gasteiger partial charge < -0.3 is 4.42 Å². The minimum atomic E-state index is -0.429. The number of hydrogen-bond donors (Lipinski definition) is 0. The molecule has 0 spiro atoms. The van der Waals surface area contributed by atoms with E-state index in [-0.39, 0.29) is 45.7 Å². The Kier molecular flexibility index (Phi) is 4.57. The molecule has 0 aliphatic heterocycles. The van der Waals surface area contributed by atoms with Crippen molar-refractivity contribution in [1.29, 1.82) is 0 Å². The lowest BCUT2D eigenvalue weighted by atomic mass is 9.83. The Balaban J connectivity index is 1.29. The molecule has 1 heterocycles. The Labute approximate surface area is 305 Å². The molecule has 0 amide bonds. The third kappa shape index (κ3) is 4.16. The van der Waals surface area contributed by atoms with E-state index in [9.17, 15) is 5.48 Å². The van der Waals surface area contributed by atoms with Crippen LogP contribution in [0.25, 0.3) is 109 Å². The first-order chi connectivity index (χ1) is 28.6. The van der Waals surface area contributed by atoms with Gasteiger partial charge in [-0.15, -0.1) is 0 Å². The second-order valence-electron chi connectivity index (χ2n) is 13.0. The van der Waals surface area contributed by atoms with Crippen molar-refractivity contribution in [3.05, 3.63) is 182 Å². The quantitative estimate of drug-likeness (QED) is 0.173. The third-order valence-electron chi connectivity index (χ3n) is 10.3. The maximum atomic E-state index is 9.51. The summed E-state index contributed by atoms with van der Waals surface area (Å²) >= 11 is 0. The average Bonchev–Trinajstić information content (AvgIpc) is 3.66. The predicted molar refractivity (Wildman–Crippen MR) is 218 cm³/mol. The number of furan rings is 1. The smallest absolute Gasteiger partial charge is 0.136 e. The molecule has 1 nitrogen and oxygen atoms in total. The summed E-state index contributed by atoms with van der Waals surface area (Å²) in [6.07, 6.45) is 0. The largest absolute Gasteiger partial charge is 0.456 e. The van der Waals surface area contributed by atoms with Gasteiger partial charge in [0, 0.05) is 10.8 Å². The molecule has 0 aliphatic rings. The maximum absolute atomic E-state index is 9.51. The van der Waals surface area contributed by atoms with E-state index in [1.54, 1.807) is 0 Å². The van der Waals surface area contributed by atoms with Crippen molar-refractivity contribution in [2.24, 2.45) is 0 Å². The molecule has 0 saturated carbocycles. The van der Waals surface area contributed by atoms with Crippen LogP contribution < -0.4 is 0 Å². The molecule has 0 radical (unpaired) electrons. The Morgan fingerprint density at radius 2 is 0.863 bits per heavy atom. The van der Waals surface area contributed by atoms with E-state index in [4.69, 9.17) is 9.90 Å². The van der Waals surface area contributed by atoms with Gasteiger partial charge in [-0.25, -0.2) is 0 Å². The fourth-order valence-corrected chi connectivity index (χ4v) is 8.09. The lowest BCUT2D eigenvalue weighted by Crippen LogP contribution is -1.93. The van der Waals surface area contributed by atoms with Gasteiger partial charge in [-0.05, 0) is 105 Å². The van der Waals surface area contributed by atoms with Crippen LogP contribution in [0.15, 0.2) is 186 Å². The van der Waals surface area contributed by atoms with Crippen molar-refractivity contribution in [3.63, 3.8) is 0 Å². The first kappa shape index (κ1) is 21.4. The fraction of sp³-hybridized carbons (Fsp3) is 0. The number of benzene rings is 10. The number of fused-ring (bicyclic) bond motifs is 9. The lowest BCUT2D eigenvalue weighted by Gasteiger charge is -2.20. The predicted octanol–water partition coefficient (Wildman–Crippen LogP) is 14.4. The van der Waals surface area contributed by atoms with Gasteiger partial charge in [0.15, 0.2) is 0 Å². The van der Waals surface area contributed by atoms with Gasteiger partial charge in [0.25, 0.3) is 0 Å². The van der Waals surface area contributed by atoms with Gasteiger partial charge in [-0.2, -0.15) is 0 Å². The summed E-state index contributed by atoms with van der Waals surface area (Å²) in [5, 5.41) is 8.28. The molecule has 1 heteroatoms. The first-order valence-electron chi connectivity index (χ1n) is 20.9. The van der Waals surface area contributed by atoms with Crippen LogP contribution in [0.4, 0.5) is 0 Å². The van der Waals surface area contributed by atoms with Crippen molar-refractivity contribution in [2.75, 3.05) is 0 Å². The lowest BCUT2D eigenvalue weighted by molar-refractivity contribution is 0.669. The highest BCUT2D eigenvalue weighted by atomic mass is 16.3. The van der Waals surface area contributed by atoms with E-state index in [0.717, 1.165) is 65.4 Å². The standard InChI is InChI=1S/C50H30O/c1-3-15-34-31(12-1)14-11-23-39(34)48-40-19-7-9-21-42(40)49(43-22-10-8-20-41(43)48)44-27-26-35(37-17-5-6-18-38(37)44)33-25-28-46-45(30-33)50-36-16-4-2-13-32(36)24-29-47(50)51-46/h1-30H/i7D,8D,9D,10D,19D,20D,21D,22D.